The van der Waals surface area contributed by atoms with Gasteiger partial charge in [0.05, 0.1) is 5.60 Å². The molecule has 2 nitrogen and oxygen atoms in total. The Bertz CT molecular complexity index is 752. The summed E-state index contributed by atoms with van der Waals surface area (Å²) < 4.78 is 12.7. The first-order valence-electron chi connectivity index (χ1n) is 8.24. The van der Waals surface area contributed by atoms with Crippen molar-refractivity contribution in [3.05, 3.63) is 53.3 Å². The van der Waals surface area contributed by atoms with Gasteiger partial charge in [-0.15, -0.1) is 0 Å². The van der Waals surface area contributed by atoms with E-state index in [9.17, 15) is 0 Å². The molecule has 23 heavy (non-hydrogen) atoms. The minimum Gasteiger partial charge on any atom is -0.489 e. The van der Waals surface area contributed by atoms with E-state index < -0.39 is 0 Å². The van der Waals surface area contributed by atoms with Crippen LogP contribution in [-0.4, -0.2) is 11.2 Å². The first-order valence-corrected chi connectivity index (χ1v) is 8.24. The monoisotopic (exact) mass is 310 g/mol. The van der Waals surface area contributed by atoms with Gasteiger partial charge in [-0.25, -0.2) is 0 Å². The van der Waals surface area contributed by atoms with Crippen LogP contribution in [0.25, 0.3) is 16.8 Å². The molecule has 2 heteroatoms. The lowest BCUT2D eigenvalue weighted by molar-refractivity contribution is -0.0836. The number of hydrogen-bond donors (Lipinski definition) is 0. The Hall–Kier alpha value is -1.80. The van der Waals surface area contributed by atoms with Gasteiger partial charge in [0, 0.05) is 0 Å². The Kier molecular flexibility index (Phi) is 3.76. The maximum Gasteiger partial charge on any atom is 0.141 e. The van der Waals surface area contributed by atoms with Crippen molar-refractivity contribution < 1.29 is 9.47 Å². The normalized spacial score (nSPS) is 18.0. The first kappa shape index (κ1) is 16.1. The average Bonchev–Trinajstić information content (AvgIpc) is 2.40. The molecule has 3 rings (SSSR count). The molecule has 0 saturated carbocycles. The molecule has 0 radical (unpaired) electrons. The summed E-state index contributed by atoms with van der Waals surface area (Å²) in [5.41, 5.74) is 1.88. The molecule has 0 aromatic heterocycles. The Morgan fingerprint density at radius 3 is 2.09 bits per heavy atom. The first-order chi connectivity index (χ1) is 10.6. The minimum absolute atomic E-state index is 0.173. The van der Waals surface area contributed by atoms with Crippen LogP contribution in [0.15, 0.2) is 42.2 Å². The van der Waals surface area contributed by atoms with E-state index in [0.717, 1.165) is 5.76 Å². The third-order valence-corrected chi connectivity index (χ3v) is 3.70. The minimum atomic E-state index is -0.258. The molecule has 0 bridgehead atoms. The largest absolute Gasteiger partial charge is 0.489 e. The second kappa shape index (κ2) is 5.38. The van der Waals surface area contributed by atoms with E-state index in [4.69, 9.17) is 9.47 Å². The smallest absolute Gasteiger partial charge is 0.141 e. The van der Waals surface area contributed by atoms with Crippen molar-refractivity contribution in [1.29, 1.82) is 0 Å². The van der Waals surface area contributed by atoms with E-state index >= 15 is 0 Å². The molecule has 1 aliphatic rings. The van der Waals surface area contributed by atoms with E-state index in [1.54, 1.807) is 0 Å². The fourth-order valence-corrected chi connectivity index (χ4v) is 3.03. The van der Waals surface area contributed by atoms with Crippen LogP contribution < -0.4 is 0 Å². The summed E-state index contributed by atoms with van der Waals surface area (Å²) in [5.74, 6) is 0.888. The Morgan fingerprint density at radius 2 is 1.48 bits per heavy atom. The maximum atomic E-state index is 6.39. The van der Waals surface area contributed by atoms with Gasteiger partial charge in [-0.05, 0) is 69.5 Å². The number of ether oxygens (including phenoxy) is 2. The lowest BCUT2D eigenvalue weighted by Crippen LogP contribution is -2.29. The highest BCUT2D eigenvalue weighted by Gasteiger charge is 2.32. The number of hydrogen-bond acceptors (Lipinski definition) is 2. The fraction of sp³-hybridized carbons (Fsp3) is 0.429. The van der Waals surface area contributed by atoms with Crippen molar-refractivity contribution in [2.24, 2.45) is 0 Å². The molecule has 0 heterocycles. The van der Waals surface area contributed by atoms with Crippen LogP contribution in [0.3, 0.4) is 0 Å². The molecular weight excluding hydrogens is 284 g/mol. The summed E-state index contributed by atoms with van der Waals surface area (Å²) in [4.78, 5) is 0. The van der Waals surface area contributed by atoms with Crippen LogP contribution in [0.2, 0.25) is 0 Å². The topological polar surface area (TPSA) is 18.5 Å². The molecule has 0 amide bonds. The van der Waals surface area contributed by atoms with Crippen molar-refractivity contribution in [2.75, 3.05) is 0 Å². The Labute approximate surface area is 139 Å². The van der Waals surface area contributed by atoms with Crippen molar-refractivity contribution in [3.8, 4) is 0 Å². The second-order valence-corrected chi connectivity index (χ2v) is 8.16. The van der Waals surface area contributed by atoms with Gasteiger partial charge in [0.2, 0.25) is 0 Å². The van der Waals surface area contributed by atoms with Crippen molar-refractivity contribution >= 4 is 16.8 Å². The van der Waals surface area contributed by atoms with Crippen molar-refractivity contribution in [3.63, 3.8) is 0 Å². The van der Waals surface area contributed by atoms with E-state index in [-0.39, 0.29) is 17.3 Å². The van der Waals surface area contributed by atoms with Gasteiger partial charge < -0.3 is 9.47 Å². The maximum absolute atomic E-state index is 6.39. The predicted octanol–water partition coefficient (Wildman–Crippen LogP) is 5.87. The summed E-state index contributed by atoms with van der Waals surface area (Å²) >= 11 is 0. The zero-order valence-corrected chi connectivity index (χ0v) is 14.9. The molecule has 0 spiro atoms. The lowest BCUT2D eigenvalue weighted by Gasteiger charge is -2.35. The van der Waals surface area contributed by atoms with Gasteiger partial charge in [-0.2, -0.15) is 0 Å². The van der Waals surface area contributed by atoms with Gasteiger partial charge in [0.1, 0.15) is 17.5 Å². The molecule has 0 saturated heterocycles. The SMILES string of the molecule is CC(C)(C)OC1=Cc2cccc3cccc(c23)C1OC(C)(C)C. The Morgan fingerprint density at radius 1 is 0.826 bits per heavy atom. The fourth-order valence-electron chi connectivity index (χ4n) is 3.03. The highest BCUT2D eigenvalue weighted by atomic mass is 16.6. The molecule has 1 atom stereocenters. The van der Waals surface area contributed by atoms with Crippen LogP contribution in [0, 0.1) is 0 Å². The molecule has 0 fully saturated rings. The Balaban J connectivity index is 2.18. The van der Waals surface area contributed by atoms with E-state index in [1.807, 2.05) is 0 Å². The third kappa shape index (κ3) is 3.42. The van der Waals surface area contributed by atoms with E-state index in [0.29, 0.717) is 0 Å². The third-order valence-electron chi connectivity index (χ3n) is 3.70. The quantitative estimate of drug-likeness (QED) is 0.691. The summed E-state index contributed by atoms with van der Waals surface area (Å²) in [5, 5.41) is 2.51. The molecule has 2 aromatic rings. The van der Waals surface area contributed by atoms with Gasteiger partial charge in [0.15, 0.2) is 0 Å². The predicted molar refractivity (Wildman–Crippen MR) is 96.3 cm³/mol. The van der Waals surface area contributed by atoms with Gasteiger partial charge in [-0.1, -0.05) is 36.4 Å². The molecule has 0 N–H and O–H groups in total. The second-order valence-electron chi connectivity index (χ2n) is 8.16. The summed E-state index contributed by atoms with van der Waals surface area (Å²) in [6.07, 6.45) is 1.96. The summed E-state index contributed by atoms with van der Waals surface area (Å²) in [7, 11) is 0. The molecule has 1 aliphatic carbocycles. The average molecular weight is 310 g/mol. The van der Waals surface area contributed by atoms with Crippen LogP contribution in [0.5, 0.6) is 0 Å². The van der Waals surface area contributed by atoms with Crippen LogP contribution in [0.4, 0.5) is 0 Å². The van der Waals surface area contributed by atoms with Crippen molar-refractivity contribution in [2.45, 2.75) is 58.8 Å². The zero-order chi connectivity index (χ0) is 16.8. The lowest BCUT2D eigenvalue weighted by atomic mass is 9.89. The molecular formula is C21H26O2. The highest BCUT2D eigenvalue weighted by molar-refractivity contribution is 5.95. The summed E-state index contributed by atoms with van der Waals surface area (Å²) in [6, 6.07) is 12.8. The van der Waals surface area contributed by atoms with Crippen LogP contribution >= 0.6 is 0 Å². The molecule has 122 valence electrons. The van der Waals surface area contributed by atoms with E-state index in [2.05, 4.69) is 84.0 Å². The molecule has 0 aliphatic heterocycles. The van der Waals surface area contributed by atoms with Gasteiger partial charge in [0.25, 0.3) is 0 Å². The molecule has 1 unspecified atom stereocenters. The van der Waals surface area contributed by atoms with Gasteiger partial charge in [-0.3, -0.25) is 0 Å². The van der Waals surface area contributed by atoms with Crippen LogP contribution in [-0.2, 0) is 9.47 Å². The molecule has 2 aromatic carbocycles. The van der Waals surface area contributed by atoms with Gasteiger partial charge >= 0.3 is 0 Å². The zero-order valence-electron chi connectivity index (χ0n) is 14.9. The standard InChI is InChI=1S/C21H26O2/c1-20(2,3)22-17-13-15-11-7-9-14-10-8-12-16(18(14)15)19(17)23-21(4,5)6/h7-13,19H,1-6H3. The van der Waals surface area contributed by atoms with Crippen LogP contribution in [0.1, 0.15) is 58.8 Å². The van der Waals surface area contributed by atoms with Crippen molar-refractivity contribution in [1.82, 2.24) is 0 Å². The highest BCUT2D eigenvalue weighted by Crippen LogP contribution is 2.42. The number of benzene rings is 2. The summed E-state index contributed by atoms with van der Waals surface area (Å²) in [6.45, 7) is 12.5. The van der Waals surface area contributed by atoms with E-state index in [1.165, 1.54) is 21.9 Å². The number of rotatable bonds is 2.